The van der Waals surface area contributed by atoms with Crippen LogP contribution in [0.3, 0.4) is 0 Å². The number of anilines is 1. The third kappa shape index (κ3) is 4.99. The molecule has 1 amide bonds. The second-order valence-electron chi connectivity index (χ2n) is 9.89. The van der Waals surface area contributed by atoms with Crippen LogP contribution < -0.4 is 5.32 Å². The minimum absolute atomic E-state index is 0.312. The van der Waals surface area contributed by atoms with Crippen LogP contribution in [0.25, 0.3) is 22.4 Å². The number of nitrogens with one attached hydrogen (secondary N) is 2. The molecule has 2 unspecified atom stereocenters. The Morgan fingerprint density at radius 2 is 1.85 bits per heavy atom. The zero-order valence-electron chi connectivity index (χ0n) is 21.8. The molecule has 2 atom stereocenters. The van der Waals surface area contributed by atoms with Gasteiger partial charge in [-0.1, -0.05) is 60.7 Å². The van der Waals surface area contributed by atoms with Crippen molar-refractivity contribution in [2.24, 2.45) is 0 Å². The van der Waals surface area contributed by atoms with Gasteiger partial charge in [-0.25, -0.2) is 9.78 Å². The summed E-state index contributed by atoms with van der Waals surface area (Å²) in [5.74, 6) is 0.00309. The fourth-order valence-corrected chi connectivity index (χ4v) is 6.45. The molecule has 2 heterocycles. The van der Waals surface area contributed by atoms with Crippen molar-refractivity contribution in [1.29, 1.82) is 5.26 Å². The van der Waals surface area contributed by atoms with Crippen LogP contribution >= 0.6 is 11.3 Å². The molecule has 0 radical (unpaired) electrons. The molecule has 0 aliphatic heterocycles. The summed E-state index contributed by atoms with van der Waals surface area (Å²) in [6.07, 6.45) is 1.53. The molecule has 198 valence electrons. The fraction of sp³-hybridized carbons (Fsp3) is 0.188. The maximum Gasteiger partial charge on any atom is 0.338 e. The first-order valence-electron chi connectivity index (χ1n) is 13.2. The standard InChI is InChI=1S/C32H26N4O3S/c1-19(39-32(38)23-13-15-26-27(16-23)35-29(34-26)21-10-6-3-7-11-21)30(37)36-31-25(18-33)24-14-12-22(17-28(24)40-31)20-8-4-2-5-9-20/h2-11,13,15-16,19,22H,12,14,17H2,1H3,(H,34,35)(H,36,37). The number of esters is 1. The van der Waals surface area contributed by atoms with Crippen LogP contribution in [0.2, 0.25) is 0 Å². The number of amides is 1. The van der Waals surface area contributed by atoms with Crippen molar-refractivity contribution in [3.05, 3.63) is 106 Å². The van der Waals surface area contributed by atoms with Crippen molar-refractivity contribution in [2.75, 3.05) is 5.32 Å². The van der Waals surface area contributed by atoms with E-state index in [1.54, 1.807) is 18.2 Å². The Balaban J connectivity index is 1.14. The van der Waals surface area contributed by atoms with Crippen LogP contribution in [-0.4, -0.2) is 27.9 Å². The molecule has 8 heteroatoms. The minimum atomic E-state index is -1.05. The Kier molecular flexibility index (Phi) is 6.89. The molecule has 1 aliphatic carbocycles. The molecule has 40 heavy (non-hydrogen) atoms. The average molecular weight is 547 g/mol. The van der Waals surface area contributed by atoms with E-state index in [4.69, 9.17) is 4.74 Å². The summed E-state index contributed by atoms with van der Waals surface area (Å²) in [5, 5.41) is 13.2. The number of nitriles is 1. The maximum absolute atomic E-state index is 13.0. The van der Waals surface area contributed by atoms with Gasteiger partial charge in [-0.15, -0.1) is 11.3 Å². The van der Waals surface area contributed by atoms with E-state index in [9.17, 15) is 14.9 Å². The van der Waals surface area contributed by atoms with Gasteiger partial charge < -0.3 is 15.0 Å². The molecule has 5 aromatic rings. The topological polar surface area (TPSA) is 108 Å². The Morgan fingerprint density at radius 3 is 2.60 bits per heavy atom. The van der Waals surface area contributed by atoms with Gasteiger partial charge in [0.15, 0.2) is 6.10 Å². The number of hydrogen-bond donors (Lipinski definition) is 2. The first kappa shape index (κ1) is 25.5. The lowest BCUT2D eigenvalue weighted by Gasteiger charge is -2.22. The van der Waals surface area contributed by atoms with Crippen LogP contribution in [0.1, 0.15) is 51.2 Å². The summed E-state index contributed by atoms with van der Waals surface area (Å²) in [4.78, 5) is 34.9. The number of fused-ring (bicyclic) bond motifs is 2. The highest BCUT2D eigenvalue weighted by Gasteiger charge is 2.28. The number of carbonyl (C=O) groups excluding carboxylic acids is 2. The van der Waals surface area contributed by atoms with Gasteiger partial charge in [-0.3, -0.25) is 4.79 Å². The highest BCUT2D eigenvalue weighted by Crippen LogP contribution is 2.42. The number of benzene rings is 3. The van der Waals surface area contributed by atoms with Crippen molar-refractivity contribution >= 4 is 39.2 Å². The van der Waals surface area contributed by atoms with Gasteiger partial charge in [0.2, 0.25) is 0 Å². The van der Waals surface area contributed by atoms with E-state index in [2.05, 4.69) is 33.5 Å². The molecular weight excluding hydrogens is 520 g/mol. The molecule has 3 aromatic carbocycles. The third-order valence-corrected chi connectivity index (χ3v) is 8.47. The lowest BCUT2D eigenvalue weighted by molar-refractivity contribution is -0.123. The second kappa shape index (κ2) is 10.8. The summed E-state index contributed by atoms with van der Waals surface area (Å²) in [6, 6.07) is 27.4. The van der Waals surface area contributed by atoms with E-state index in [-0.39, 0.29) is 0 Å². The summed E-state index contributed by atoms with van der Waals surface area (Å²) in [7, 11) is 0. The highest BCUT2D eigenvalue weighted by atomic mass is 32.1. The summed E-state index contributed by atoms with van der Waals surface area (Å²) in [5.41, 5.74) is 5.49. The molecule has 0 saturated heterocycles. The SMILES string of the molecule is CC(OC(=O)c1ccc2nc(-c3ccccc3)[nH]c2c1)C(=O)Nc1sc2c(c1C#N)CCC(c1ccccc1)C2. The summed E-state index contributed by atoms with van der Waals surface area (Å²) >= 11 is 1.44. The molecule has 2 N–H and O–H groups in total. The van der Waals surface area contributed by atoms with Crippen molar-refractivity contribution in [1.82, 2.24) is 9.97 Å². The number of hydrogen-bond acceptors (Lipinski definition) is 6. The largest absolute Gasteiger partial charge is 0.449 e. The molecule has 0 saturated carbocycles. The number of imidazole rings is 1. The molecule has 1 aliphatic rings. The Hall–Kier alpha value is -4.74. The molecule has 7 nitrogen and oxygen atoms in total. The zero-order valence-corrected chi connectivity index (χ0v) is 22.6. The van der Waals surface area contributed by atoms with Gasteiger partial charge in [0.25, 0.3) is 5.91 Å². The summed E-state index contributed by atoms with van der Waals surface area (Å²) < 4.78 is 5.50. The molecular formula is C32H26N4O3S. The van der Waals surface area contributed by atoms with Crippen LogP contribution in [0, 0.1) is 11.3 Å². The molecule has 0 bridgehead atoms. The zero-order chi connectivity index (χ0) is 27.6. The second-order valence-corrected chi connectivity index (χ2v) is 11.0. The monoisotopic (exact) mass is 546 g/mol. The van der Waals surface area contributed by atoms with Crippen molar-refractivity contribution in [2.45, 2.75) is 38.2 Å². The third-order valence-electron chi connectivity index (χ3n) is 7.30. The lowest BCUT2D eigenvalue weighted by Crippen LogP contribution is -2.30. The van der Waals surface area contributed by atoms with E-state index in [1.165, 1.54) is 23.8 Å². The molecule has 0 fully saturated rings. The maximum atomic E-state index is 13.0. The van der Waals surface area contributed by atoms with E-state index >= 15 is 0 Å². The van der Waals surface area contributed by atoms with Gasteiger partial charge in [-0.05, 0) is 61.4 Å². The van der Waals surface area contributed by atoms with Crippen molar-refractivity contribution in [3.8, 4) is 17.5 Å². The van der Waals surface area contributed by atoms with Crippen molar-refractivity contribution < 1.29 is 14.3 Å². The van der Waals surface area contributed by atoms with Crippen molar-refractivity contribution in [3.63, 3.8) is 0 Å². The quantitative estimate of drug-likeness (QED) is 0.233. The number of carbonyl (C=O) groups is 2. The normalized spacial score (nSPS) is 15.2. The number of aromatic amines is 1. The first-order chi connectivity index (χ1) is 19.5. The van der Waals surface area contributed by atoms with E-state index < -0.39 is 18.0 Å². The van der Waals surface area contributed by atoms with Gasteiger partial charge in [0.1, 0.15) is 16.9 Å². The Bertz CT molecular complexity index is 1750. The molecule has 2 aromatic heterocycles. The van der Waals surface area contributed by atoms with E-state index in [0.717, 1.165) is 40.8 Å². The number of rotatable bonds is 6. The van der Waals surface area contributed by atoms with Gasteiger partial charge >= 0.3 is 5.97 Å². The van der Waals surface area contributed by atoms with Gasteiger partial charge in [-0.2, -0.15) is 5.26 Å². The number of thiophene rings is 1. The predicted molar refractivity (Wildman–Crippen MR) is 155 cm³/mol. The number of H-pyrrole nitrogens is 1. The smallest absolute Gasteiger partial charge is 0.338 e. The minimum Gasteiger partial charge on any atom is -0.449 e. The summed E-state index contributed by atoms with van der Waals surface area (Å²) in [6.45, 7) is 1.53. The lowest BCUT2D eigenvalue weighted by atomic mass is 9.83. The Morgan fingerprint density at radius 1 is 1.10 bits per heavy atom. The van der Waals surface area contributed by atoms with Crippen LogP contribution in [-0.2, 0) is 22.4 Å². The Labute approximate surface area is 235 Å². The van der Waals surface area contributed by atoms with Crippen LogP contribution in [0.4, 0.5) is 5.00 Å². The predicted octanol–water partition coefficient (Wildman–Crippen LogP) is 6.62. The van der Waals surface area contributed by atoms with Crippen LogP contribution in [0.5, 0.6) is 0 Å². The first-order valence-corrected chi connectivity index (χ1v) is 14.0. The van der Waals surface area contributed by atoms with Gasteiger partial charge in [0.05, 0.1) is 22.2 Å². The fourth-order valence-electron chi connectivity index (χ4n) is 5.17. The number of nitrogens with zero attached hydrogens (tertiary/aromatic N) is 2. The number of ether oxygens (including phenoxy) is 1. The number of aromatic nitrogens is 2. The van der Waals surface area contributed by atoms with Crippen LogP contribution in [0.15, 0.2) is 78.9 Å². The van der Waals surface area contributed by atoms with Gasteiger partial charge in [0, 0.05) is 10.4 Å². The highest BCUT2D eigenvalue weighted by molar-refractivity contribution is 7.16. The van der Waals surface area contributed by atoms with E-state index in [1.807, 2.05) is 48.5 Å². The molecule has 6 rings (SSSR count). The molecule has 0 spiro atoms. The van der Waals surface area contributed by atoms with E-state index in [0.29, 0.717) is 33.4 Å². The average Bonchev–Trinajstić information content (AvgIpc) is 3.58.